The summed E-state index contributed by atoms with van der Waals surface area (Å²) >= 11 is 7.82. The Morgan fingerprint density at radius 2 is 1.38 bits per heavy atom. The molecule has 2 N–H and O–H groups in total. The molecule has 16 heavy (non-hydrogen) atoms. The van der Waals surface area contributed by atoms with Crippen LogP contribution in [0, 0.1) is 0 Å². The predicted octanol–water partition coefficient (Wildman–Crippen LogP) is 1.80. The Labute approximate surface area is 103 Å². The molecule has 0 aliphatic carbocycles. The zero-order valence-electron chi connectivity index (χ0n) is 8.07. The van der Waals surface area contributed by atoms with Crippen LogP contribution in [0.15, 0.2) is 24.3 Å². The van der Waals surface area contributed by atoms with Gasteiger partial charge in [-0.2, -0.15) is 25.3 Å². The first-order chi connectivity index (χ1) is 7.43. The standard InChI is InChI=1S/C10H10O4S2/c11-9(12)7(15)5-2-1-3-6(4-5)8(16)10(13)14/h1-4,7-8,15-16H,(H,11,12)(H,13,14). The number of carboxylic acid groups (broad SMARTS) is 2. The third-order valence-corrected chi connectivity index (χ3v) is 3.05. The van der Waals surface area contributed by atoms with Gasteiger partial charge in [-0.1, -0.05) is 24.3 Å². The van der Waals surface area contributed by atoms with Crippen molar-refractivity contribution in [3.05, 3.63) is 35.4 Å². The summed E-state index contributed by atoms with van der Waals surface area (Å²) < 4.78 is 0. The first-order valence-corrected chi connectivity index (χ1v) is 5.38. The SMILES string of the molecule is O=C(O)C(S)c1cccc(C(S)C(=O)O)c1. The minimum atomic E-state index is -1.08. The molecule has 0 bridgehead atoms. The molecular formula is C10H10O4S2. The molecule has 0 saturated heterocycles. The summed E-state index contributed by atoms with van der Waals surface area (Å²) in [4.78, 5) is 21.4. The van der Waals surface area contributed by atoms with Crippen molar-refractivity contribution >= 4 is 37.2 Å². The van der Waals surface area contributed by atoms with Gasteiger partial charge in [0.1, 0.15) is 10.5 Å². The van der Waals surface area contributed by atoms with Crippen LogP contribution in [0.5, 0.6) is 0 Å². The van der Waals surface area contributed by atoms with Crippen LogP contribution < -0.4 is 0 Å². The maximum Gasteiger partial charge on any atom is 0.320 e. The largest absolute Gasteiger partial charge is 0.480 e. The molecule has 86 valence electrons. The minimum Gasteiger partial charge on any atom is -0.480 e. The van der Waals surface area contributed by atoms with Gasteiger partial charge in [-0.05, 0) is 11.1 Å². The van der Waals surface area contributed by atoms with Gasteiger partial charge in [-0.15, -0.1) is 0 Å². The van der Waals surface area contributed by atoms with Gasteiger partial charge >= 0.3 is 11.9 Å². The van der Waals surface area contributed by atoms with Crippen LogP contribution in [0.2, 0.25) is 0 Å². The van der Waals surface area contributed by atoms with Crippen LogP contribution >= 0.6 is 25.3 Å². The Bertz CT molecular complexity index is 384. The highest BCUT2D eigenvalue weighted by Crippen LogP contribution is 2.26. The Kier molecular flexibility index (Phi) is 4.26. The average molecular weight is 258 g/mol. The first kappa shape index (κ1) is 12.9. The maximum atomic E-state index is 10.7. The van der Waals surface area contributed by atoms with E-state index in [0.717, 1.165) is 0 Å². The molecule has 0 saturated carbocycles. The van der Waals surface area contributed by atoms with Crippen LogP contribution in [0.25, 0.3) is 0 Å². The smallest absolute Gasteiger partial charge is 0.320 e. The number of hydrogen-bond acceptors (Lipinski definition) is 4. The van der Waals surface area contributed by atoms with E-state index in [0.29, 0.717) is 11.1 Å². The van der Waals surface area contributed by atoms with Gasteiger partial charge in [0, 0.05) is 0 Å². The number of carboxylic acids is 2. The molecule has 6 heteroatoms. The van der Waals surface area contributed by atoms with E-state index >= 15 is 0 Å². The van der Waals surface area contributed by atoms with Crippen molar-refractivity contribution in [2.24, 2.45) is 0 Å². The molecule has 1 rings (SSSR count). The quantitative estimate of drug-likeness (QED) is 0.621. The predicted molar refractivity (Wildman–Crippen MR) is 65.2 cm³/mol. The van der Waals surface area contributed by atoms with Crippen molar-refractivity contribution in [2.75, 3.05) is 0 Å². The monoisotopic (exact) mass is 258 g/mol. The summed E-state index contributed by atoms with van der Waals surface area (Å²) in [7, 11) is 0. The van der Waals surface area contributed by atoms with Crippen LogP contribution in [0.1, 0.15) is 21.6 Å². The van der Waals surface area contributed by atoms with E-state index in [1.165, 1.54) is 6.07 Å². The molecule has 1 aromatic rings. The summed E-state index contributed by atoms with van der Waals surface area (Å²) in [6, 6.07) is 6.23. The molecule has 0 heterocycles. The lowest BCUT2D eigenvalue weighted by atomic mass is 10.1. The normalized spacial score (nSPS) is 14.1. The molecule has 4 nitrogen and oxygen atoms in total. The van der Waals surface area contributed by atoms with Crippen molar-refractivity contribution in [1.82, 2.24) is 0 Å². The highest BCUT2D eigenvalue weighted by atomic mass is 32.1. The molecule has 0 fully saturated rings. The maximum absolute atomic E-state index is 10.7. The molecule has 0 aliphatic heterocycles. The fraction of sp³-hybridized carbons (Fsp3) is 0.200. The van der Waals surface area contributed by atoms with Gasteiger partial charge in [-0.25, -0.2) is 0 Å². The summed E-state index contributed by atoms with van der Waals surface area (Å²) in [5, 5.41) is 15.6. The van der Waals surface area contributed by atoms with Gasteiger partial charge in [0.05, 0.1) is 0 Å². The summed E-state index contributed by atoms with van der Waals surface area (Å²) in [5.74, 6) is -2.15. The molecular weight excluding hydrogens is 248 g/mol. The topological polar surface area (TPSA) is 74.6 Å². The van der Waals surface area contributed by atoms with E-state index < -0.39 is 22.4 Å². The molecule has 0 radical (unpaired) electrons. The zero-order chi connectivity index (χ0) is 12.3. The molecule has 2 atom stereocenters. The number of benzene rings is 1. The van der Waals surface area contributed by atoms with Crippen LogP contribution in [0.3, 0.4) is 0 Å². The van der Waals surface area contributed by atoms with Crippen LogP contribution in [-0.4, -0.2) is 22.2 Å². The van der Waals surface area contributed by atoms with Crippen LogP contribution in [0.4, 0.5) is 0 Å². The second kappa shape index (κ2) is 5.27. The van der Waals surface area contributed by atoms with E-state index in [-0.39, 0.29) is 0 Å². The fourth-order valence-corrected chi connectivity index (χ4v) is 1.51. The number of rotatable bonds is 4. The molecule has 0 spiro atoms. The highest BCUT2D eigenvalue weighted by molar-refractivity contribution is 7.81. The van der Waals surface area contributed by atoms with Gasteiger partial charge in [0.25, 0.3) is 0 Å². The van der Waals surface area contributed by atoms with E-state index in [4.69, 9.17) is 10.2 Å². The minimum absolute atomic E-state index is 0.439. The third kappa shape index (κ3) is 2.93. The summed E-state index contributed by atoms with van der Waals surface area (Å²) in [5.41, 5.74) is 0.877. The van der Waals surface area contributed by atoms with Crippen molar-refractivity contribution in [1.29, 1.82) is 0 Å². The lowest BCUT2D eigenvalue weighted by Gasteiger charge is -2.10. The Morgan fingerprint density at radius 1 is 1.00 bits per heavy atom. The van der Waals surface area contributed by atoms with E-state index in [9.17, 15) is 9.59 Å². The van der Waals surface area contributed by atoms with Crippen molar-refractivity contribution < 1.29 is 19.8 Å². The molecule has 0 aliphatic rings. The number of thiol groups is 2. The Morgan fingerprint density at radius 3 is 1.69 bits per heavy atom. The van der Waals surface area contributed by atoms with E-state index in [1.54, 1.807) is 18.2 Å². The van der Waals surface area contributed by atoms with E-state index in [1.807, 2.05) is 0 Å². The Hall–Kier alpha value is -1.14. The summed E-state index contributed by atoms with van der Waals surface area (Å²) in [6.45, 7) is 0. The molecule has 2 unspecified atom stereocenters. The van der Waals surface area contributed by atoms with Crippen molar-refractivity contribution in [3.8, 4) is 0 Å². The third-order valence-electron chi connectivity index (χ3n) is 2.01. The van der Waals surface area contributed by atoms with Crippen LogP contribution in [-0.2, 0) is 9.59 Å². The number of aliphatic carboxylic acids is 2. The average Bonchev–Trinajstić information content (AvgIpc) is 2.26. The lowest BCUT2D eigenvalue weighted by Crippen LogP contribution is -2.08. The van der Waals surface area contributed by atoms with Crippen molar-refractivity contribution in [2.45, 2.75) is 10.5 Å². The first-order valence-electron chi connectivity index (χ1n) is 4.35. The zero-order valence-corrected chi connectivity index (χ0v) is 9.86. The van der Waals surface area contributed by atoms with E-state index in [2.05, 4.69) is 25.3 Å². The number of hydrogen-bond donors (Lipinski definition) is 4. The van der Waals surface area contributed by atoms with Gasteiger partial charge in [-0.3, -0.25) is 9.59 Å². The second-order valence-electron chi connectivity index (χ2n) is 3.15. The van der Waals surface area contributed by atoms with Gasteiger partial charge < -0.3 is 10.2 Å². The fourth-order valence-electron chi connectivity index (χ4n) is 1.18. The lowest BCUT2D eigenvalue weighted by molar-refractivity contribution is -0.137. The molecule has 0 amide bonds. The highest BCUT2D eigenvalue weighted by Gasteiger charge is 2.19. The Balaban J connectivity index is 3.04. The van der Waals surface area contributed by atoms with Gasteiger partial charge in [0.2, 0.25) is 0 Å². The number of carbonyl (C=O) groups is 2. The second-order valence-corrected chi connectivity index (χ2v) is 4.18. The summed E-state index contributed by atoms with van der Waals surface area (Å²) in [6.07, 6.45) is 0. The van der Waals surface area contributed by atoms with Gasteiger partial charge in [0.15, 0.2) is 0 Å². The molecule has 0 aromatic heterocycles. The molecule has 1 aromatic carbocycles. The van der Waals surface area contributed by atoms with Crippen molar-refractivity contribution in [3.63, 3.8) is 0 Å².